The summed E-state index contributed by atoms with van der Waals surface area (Å²) in [5, 5.41) is 13.0. The maximum atomic E-state index is 11.5. The van der Waals surface area contributed by atoms with E-state index in [4.69, 9.17) is 0 Å². The molecule has 2 aliphatic rings. The summed E-state index contributed by atoms with van der Waals surface area (Å²) >= 11 is 4.33. The smallest absolute Gasteiger partial charge is 0.308 e. The normalized spacial score (nSPS) is 37.6. The Bertz CT molecular complexity index is 356. The van der Waals surface area contributed by atoms with Gasteiger partial charge in [-0.2, -0.15) is 12.6 Å². The molecule has 1 saturated heterocycles. The van der Waals surface area contributed by atoms with Crippen molar-refractivity contribution in [2.24, 2.45) is 17.8 Å². The molecule has 18 heavy (non-hydrogen) atoms. The number of hydrogen-bond donors (Lipinski definition) is 3. The molecule has 0 aromatic carbocycles. The fraction of sp³-hybridized carbons (Fsp3) is 0.786. The average molecular weight is 269 g/mol. The summed E-state index contributed by atoms with van der Waals surface area (Å²) in [6.07, 6.45) is 5.28. The van der Waals surface area contributed by atoms with Crippen LogP contribution in [-0.2, 0) is 4.79 Å². The summed E-state index contributed by atoms with van der Waals surface area (Å²) in [7, 11) is 0. The highest BCUT2D eigenvalue weighted by atomic mass is 32.1. The van der Waals surface area contributed by atoms with Gasteiger partial charge in [-0.25, -0.2) is 0 Å². The maximum absolute atomic E-state index is 11.5. The summed E-state index contributed by atoms with van der Waals surface area (Å²) in [4.78, 5) is 11.5. The average Bonchev–Trinajstić information content (AvgIpc) is 2.36. The first kappa shape index (κ1) is 13.9. The van der Waals surface area contributed by atoms with Gasteiger partial charge in [0, 0.05) is 12.1 Å². The van der Waals surface area contributed by atoms with Crippen LogP contribution in [0.4, 0.5) is 0 Å². The highest BCUT2D eigenvalue weighted by Gasteiger charge is 2.42. The van der Waals surface area contributed by atoms with Gasteiger partial charge in [0.05, 0.1) is 5.92 Å². The van der Waals surface area contributed by atoms with Crippen LogP contribution in [0.15, 0.2) is 11.6 Å². The van der Waals surface area contributed by atoms with Gasteiger partial charge in [0.15, 0.2) is 0 Å². The molecule has 1 heterocycles. The van der Waals surface area contributed by atoms with Gasteiger partial charge in [-0.3, -0.25) is 4.79 Å². The molecule has 2 N–H and O–H groups in total. The summed E-state index contributed by atoms with van der Waals surface area (Å²) in [5.74, 6) is 0.478. The Morgan fingerprint density at radius 3 is 3.00 bits per heavy atom. The van der Waals surface area contributed by atoms with E-state index >= 15 is 0 Å². The predicted molar refractivity (Wildman–Crippen MR) is 76.0 cm³/mol. The lowest BCUT2D eigenvalue weighted by Gasteiger charge is -2.45. The minimum Gasteiger partial charge on any atom is -0.481 e. The number of carbonyl (C=O) groups is 1. The number of carboxylic acid groups (broad SMARTS) is 1. The van der Waals surface area contributed by atoms with Crippen molar-refractivity contribution >= 4 is 18.6 Å². The molecule has 0 spiro atoms. The van der Waals surface area contributed by atoms with Crippen molar-refractivity contribution in [1.29, 1.82) is 0 Å². The third kappa shape index (κ3) is 2.59. The molecule has 0 aromatic rings. The molecule has 0 aromatic heterocycles. The van der Waals surface area contributed by atoms with E-state index < -0.39 is 5.97 Å². The van der Waals surface area contributed by atoms with Gasteiger partial charge in [0.25, 0.3) is 0 Å². The van der Waals surface area contributed by atoms with Crippen molar-refractivity contribution in [2.45, 2.75) is 45.2 Å². The molecule has 4 heteroatoms. The minimum atomic E-state index is -0.669. The van der Waals surface area contributed by atoms with Gasteiger partial charge in [0.2, 0.25) is 0 Å². The van der Waals surface area contributed by atoms with E-state index in [0.29, 0.717) is 17.9 Å². The van der Waals surface area contributed by atoms with Crippen LogP contribution in [0, 0.1) is 17.8 Å². The third-order valence-electron chi connectivity index (χ3n) is 4.58. The molecule has 0 bridgehead atoms. The van der Waals surface area contributed by atoms with Crippen LogP contribution in [0.3, 0.4) is 0 Å². The van der Waals surface area contributed by atoms with Crippen molar-refractivity contribution in [1.82, 2.24) is 5.32 Å². The lowest BCUT2D eigenvalue weighted by Crippen LogP contribution is -2.57. The number of nitrogens with one attached hydrogen (secondary N) is 1. The highest BCUT2D eigenvalue weighted by Crippen LogP contribution is 2.37. The lowest BCUT2D eigenvalue weighted by molar-refractivity contribution is -0.145. The number of rotatable bonds is 3. The number of carboxylic acids is 1. The Labute approximate surface area is 114 Å². The Morgan fingerprint density at radius 2 is 2.39 bits per heavy atom. The first-order valence-corrected chi connectivity index (χ1v) is 7.44. The Kier molecular flexibility index (Phi) is 4.38. The SMILES string of the molecule is CC1=CCCC2NC(C(C)CS)C(C(=O)O)CC12. The molecule has 102 valence electrons. The van der Waals surface area contributed by atoms with E-state index in [1.165, 1.54) is 5.57 Å². The molecule has 0 amide bonds. The van der Waals surface area contributed by atoms with Gasteiger partial charge in [0.1, 0.15) is 0 Å². The highest BCUT2D eigenvalue weighted by molar-refractivity contribution is 7.80. The fourth-order valence-electron chi connectivity index (χ4n) is 3.42. The molecular formula is C14H23NO2S. The Morgan fingerprint density at radius 1 is 1.67 bits per heavy atom. The third-order valence-corrected chi connectivity index (χ3v) is 5.16. The topological polar surface area (TPSA) is 49.3 Å². The number of allylic oxidation sites excluding steroid dienone is 1. The fourth-order valence-corrected chi connectivity index (χ4v) is 3.65. The molecule has 5 unspecified atom stereocenters. The van der Waals surface area contributed by atoms with E-state index in [-0.39, 0.29) is 12.0 Å². The number of thiol groups is 1. The monoisotopic (exact) mass is 269 g/mol. The summed E-state index contributed by atoms with van der Waals surface area (Å²) in [6.45, 7) is 4.23. The zero-order chi connectivity index (χ0) is 13.3. The molecule has 2 rings (SSSR count). The van der Waals surface area contributed by atoms with Gasteiger partial charge in [-0.1, -0.05) is 18.6 Å². The van der Waals surface area contributed by atoms with Crippen LogP contribution in [0.25, 0.3) is 0 Å². The van der Waals surface area contributed by atoms with Crippen molar-refractivity contribution in [3.63, 3.8) is 0 Å². The van der Waals surface area contributed by atoms with E-state index in [0.717, 1.165) is 25.0 Å². The summed E-state index contributed by atoms with van der Waals surface area (Å²) in [6, 6.07) is 0.519. The second-order valence-corrected chi connectivity index (χ2v) is 6.14. The lowest BCUT2D eigenvalue weighted by atomic mass is 9.71. The zero-order valence-electron chi connectivity index (χ0n) is 11.1. The number of fused-ring (bicyclic) bond motifs is 1. The van der Waals surface area contributed by atoms with E-state index in [2.05, 4.69) is 37.9 Å². The van der Waals surface area contributed by atoms with E-state index in [1.807, 2.05) is 0 Å². The van der Waals surface area contributed by atoms with Crippen LogP contribution in [0.1, 0.15) is 33.1 Å². The molecular weight excluding hydrogens is 246 g/mol. The molecule has 1 aliphatic heterocycles. The molecule has 5 atom stereocenters. The van der Waals surface area contributed by atoms with Crippen LogP contribution >= 0.6 is 12.6 Å². The second-order valence-electron chi connectivity index (χ2n) is 5.77. The second kappa shape index (κ2) is 5.66. The van der Waals surface area contributed by atoms with Gasteiger partial charge >= 0.3 is 5.97 Å². The molecule has 1 fully saturated rings. The molecule has 1 aliphatic carbocycles. The Hall–Kier alpha value is -0.480. The minimum absolute atomic E-state index is 0.0622. The molecule has 0 saturated carbocycles. The van der Waals surface area contributed by atoms with E-state index in [9.17, 15) is 9.90 Å². The summed E-state index contributed by atoms with van der Waals surface area (Å²) < 4.78 is 0. The number of hydrogen-bond acceptors (Lipinski definition) is 3. The van der Waals surface area contributed by atoms with Crippen molar-refractivity contribution in [3.05, 3.63) is 11.6 Å². The quantitative estimate of drug-likeness (QED) is 0.544. The van der Waals surface area contributed by atoms with Crippen LogP contribution in [0.2, 0.25) is 0 Å². The number of aliphatic carboxylic acids is 1. The van der Waals surface area contributed by atoms with Crippen molar-refractivity contribution < 1.29 is 9.90 Å². The van der Waals surface area contributed by atoms with Gasteiger partial charge in [-0.15, -0.1) is 0 Å². The van der Waals surface area contributed by atoms with Crippen molar-refractivity contribution in [3.8, 4) is 0 Å². The Balaban J connectivity index is 2.19. The zero-order valence-corrected chi connectivity index (χ0v) is 12.0. The standard InChI is InChI=1S/C14H23NO2S/c1-8-4-3-5-12-10(8)6-11(14(16)17)13(15-12)9(2)7-18/h4,9-13,15,18H,3,5-7H2,1-2H3,(H,16,17). The molecule has 0 radical (unpaired) electrons. The van der Waals surface area contributed by atoms with Crippen molar-refractivity contribution in [2.75, 3.05) is 5.75 Å². The number of piperidine rings is 1. The maximum Gasteiger partial charge on any atom is 0.308 e. The first-order chi connectivity index (χ1) is 8.54. The van der Waals surface area contributed by atoms with Gasteiger partial charge < -0.3 is 10.4 Å². The van der Waals surface area contributed by atoms with E-state index in [1.54, 1.807) is 0 Å². The predicted octanol–water partition coefficient (Wildman–Crippen LogP) is 2.34. The van der Waals surface area contributed by atoms with Crippen LogP contribution < -0.4 is 5.32 Å². The van der Waals surface area contributed by atoms with Crippen LogP contribution in [0.5, 0.6) is 0 Å². The van der Waals surface area contributed by atoms with Crippen LogP contribution in [-0.4, -0.2) is 28.9 Å². The largest absolute Gasteiger partial charge is 0.481 e. The summed E-state index contributed by atoms with van der Waals surface area (Å²) in [5.41, 5.74) is 1.36. The first-order valence-electron chi connectivity index (χ1n) is 6.81. The van der Waals surface area contributed by atoms with Gasteiger partial charge in [-0.05, 0) is 43.8 Å². The molecule has 3 nitrogen and oxygen atoms in total.